The summed E-state index contributed by atoms with van der Waals surface area (Å²) in [6, 6.07) is 9.26. The van der Waals surface area contributed by atoms with Gasteiger partial charge in [0.15, 0.2) is 0 Å². The van der Waals surface area contributed by atoms with Crippen molar-refractivity contribution in [3.63, 3.8) is 0 Å². The van der Waals surface area contributed by atoms with Crippen LogP contribution in [0, 0.1) is 11.6 Å². The molecule has 1 unspecified atom stereocenters. The number of methoxy groups -OCH3 is 1. The summed E-state index contributed by atoms with van der Waals surface area (Å²) in [5, 5.41) is -0.515. The van der Waals surface area contributed by atoms with Crippen molar-refractivity contribution in [2.24, 2.45) is 0 Å². The van der Waals surface area contributed by atoms with Crippen LogP contribution in [0.5, 0.6) is 5.75 Å². The summed E-state index contributed by atoms with van der Waals surface area (Å²) < 4.78 is 32.5. The van der Waals surface area contributed by atoms with Gasteiger partial charge in [-0.2, -0.15) is 0 Å². The molecule has 0 saturated carbocycles. The van der Waals surface area contributed by atoms with Gasteiger partial charge in [-0.05, 0) is 40.0 Å². The summed E-state index contributed by atoms with van der Waals surface area (Å²) in [5.74, 6) is -0.388. The summed E-state index contributed by atoms with van der Waals surface area (Å²) >= 11 is 9.45. The highest BCUT2D eigenvalue weighted by Crippen LogP contribution is 2.36. The minimum atomic E-state index is -0.515. The fraction of sp³-hybridized carbons (Fsp3) is 0.200. The first kappa shape index (κ1) is 15.3. The van der Waals surface area contributed by atoms with E-state index >= 15 is 0 Å². The van der Waals surface area contributed by atoms with Gasteiger partial charge in [-0.15, -0.1) is 11.6 Å². The molecule has 0 saturated heterocycles. The van der Waals surface area contributed by atoms with Crippen LogP contribution in [0.1, 0.15) is 16.5 Å². The summed E-state index contributed by atoms with van der Waals surface area (Å²) in [5.41, 5.74) is 1.13. The van der Waals surface area contributed by atoms with E-state index in [1.165, 1.54) is 19.2 Å². The molecule has 0 fully saturated rings. The van der Waals surface area contributed by atoms with Crippen molar-refractivity contribution in [1.82, 2.24) is 0 Å². The van der Waals surface area contributed by atoms with Crippen LogP contribution in [0.2, 0.25) is 0 Å². The third kappa shape index (κ3) is 3.30. The monoisotopic (exact) mass is 360 g/mol. The zero-order valence-corrected chi connectivity index (χ0v) is 13.0. The Bertz CT molecular complexity index is 619. The Kier molecular flexibility index (Phi) is 5.00. The van der Waals surface area contributed by atoms with E-state index in [0.29, 0.717) is 27.8 Å². The van der Waals surface area contributed by atoms with E-state index in [9.17, 15) is 8.78 Å². The Balaban J connectivity index is 2.32. The van der Waals surface area contributed by atoms with Crippen molar-refractivity contribution >= 4 is 27.5 Å². The summed E-state index contributed by atoms with van der Waals surface area (Å²) in [6.45, 7) is 0. The maximum Gasteiger partial charge on any atom is 0.141 e. The van der Waals surface area contributed by atoms with Crippen molar-refractivity contribution in [2.45, 2.75) is 11.8 Å². The molecular weight excluding hydrogens is 350 g/mol. The average Bonchev–Trinajstić information content (AvgIpc) is 2.43. The molecule has 0 radical (unpaired) electrons. The van der Waals surface area contributed by atoms with Crippen LogP contribution >= 0.6 is 27.5 Å². The molecule has 2 aromatic carbocycles. The molecule has 0 aliphatic heterocycles. The first-order chi connectivity index (χ1) is 9.52. The van der Waals surface area contributed by atoms with Gasteiger partial charge in [0.05, 0.1) is 17.0 Å². The number of hydrogen-bond donors (Lipinski definition) is 0. The number of ether oxygens (including phenoxy) is 1. The van der Waals surface area contributed by atoms with E-state index < -0.39 is 11.2 Å². The first-order valence-electron chi connectivity index (χ1n) is 5.93. The normalized spacial score (nSPS) is 12.2. The quantitative estimate of drug-likeness (QED) is 0.675. The van der Waals surface area contributed by atoms with Crippen LogP contribution < -0.4 is 4.74 Å². The van der Waals surface area contributed by atoms with Gasteiger partial charge in [-0.3, -0.25) is 0 Å². The Morgan fingerprint density at radius 2 is 1.90 bits per heavy atom. The topological polar surface area (TPSA) is 9.23 Å². The molecule has 0 aromatic heterocycles. The van der Waals surface area contributed by atoms with Crippen LogP contribution in [0.4, 0.5) is 8.78 Å². The molecule has 0 amide bonds. The SMILES string of the molecule is COc1cc(F)c(Br)cc1C(Cl)Cc1ccccc1F. The molecule has 1 atom stereocenters. The molecule has 0 heterocycles. The van der Waals surface area contributed by atoms with Gasteiger partial charge in [0.2, 0.25) is 0 Å². The lowest BCUT2D eigenvalue weighted by atomic mass is 10.0. The highest BCUT2D eigenvalue weighted by Gasteiger charge is 2.18. The number of benzene rings is 2. The van der Waals surface area contributed by atoms with E-state index in [1.807, 2.05) is 0 Å². The predicted molar refractivity (Wildman–Crippen MR) is 79.4 cm³/mol. The predicted octanol–water partition coefficient (Wildman–Crippen LogP) is 5.26. The minimum Gasteiger partial charge on any atom is -0.496 e. The molecule has 106 valence electrons. The van der Waals surface area contributed by atoms with Gasteiger partial charge in [-0.1, -0.05) is 18.2 Å². The summed E-state index contributed by atoms with van der Waals surface area (Å²) in [7, 11) is 1.44. The fourth-order valence-electron chi connectivity index (χ4n) is 1.93. The second-order valence-electron chi connectivity index (χ2n) is 4.27. The number of hydrogen-bond acceptors (Lipinski definition) is 1. The molecule has 0 N–H and O–H groups in total. The van der Waals surface area contributed by atoms with E-state index in [4.69, 9.17) is 16.3 Å². The standard InChI is InChI=1S/C15H12BrClF2O/c1-20-15-8-14(19)11(16)7-10(15)12(17)6-9-4-2-3-5-13(9)18/h2-5,7-8,12H,6H2,1H3. The molecule has 20 heavy (non-hydrogen) atoms. The smallest absolute Gasteiger partial charge is 0.141 e. The molecule has 0 spiro atoms. The first-order valence-corrected chi connectivity index (χ1v) is 7.16. The van der Waals surface area contributed by atoms with E-state index in [1.54, 1.807) is 24.3 Å². The second-order valence-corrected chi connectivity index (χ2v) is 5.65. The van der Waals surface area contributed by atoms with Crippen molar-refractivity contribution in [3.8, 4) is 5.75 Å². The molecule has 2 aromatic rings. The van der Waals surface area contributed by atoms with Crippen molar-refractivity contribution in [1.29, 1.82) is 0 Å². The van der Waals surface area contributed by atoms with Gasteiger partial charge in [0.25, 0.3) is 0 Å². The zero-order valence-electron chi connectivity index (χ0n) is 10.7. The molecule has 2 rings (SSSR count). The number of rotatable bonds is 4. The molecular formula is C15H12BrClF2O. The maximum absolute atomic E-state index is 13.6. The van der Waals surface area contributed by atoms with E-state index in [2.05, 4.69) is 15.9 Å². The number of alkyl halides is 1. The molecule has 0 aliphatic rings. The summed E-state index contributed by atoms with van der Waals surface area (Å²) in [6.07, 6.45) is 0.294. The van der Waals surface area contributed by atoms with Crippen LogP contribution in [-0.4, -0.2) is 7.11 Å². The van der Waals surface area contributed by atoms with Crippen LogP contribution in [0.25, 0.3) is 0 Å². The Labute approximate surface area is 129 Å². The largest absolute Gasteiger partial charge is 0.496 e. The Morgan fingerprint density at radius 1 is 1.20 bits per heavy atom. The van der Waals surface area contributed by atoms with E-state index in [-0.39, 0.29) is 5.82 Å². The lowest BCUT2D eigenvalue weighted by molar-refractivity contribution is 0.405. The maximum atomic E-state index is 13.6. The highest BCUT2D eigenvalue weighted by molar-refractivity contribution is 9.10. The second kappa shape index (κ2) is 6.55. The van der Waals surface area contributed by atoms with Gasteiger partial charge < -0.3 is 4.74 Å². The third-order valence-corrected chi connectivity index (χ3v) is 3.96. The van der Waals surface area contributed by atoms with Gasteiger partial charge >= 0.3 is 0 Å². The molecule has 0 aliphatic carbocycles. The molecule has 1 nitrogen and oxygen atoms in total. The van der Waals surface area contributed by atoms with Crippen molar-refractivity contribution in [3.05, 3.63) is 63.6 Å². The van der Waals surface area contributed by atoms with Crippen LogP contribution in [-0.2, 0) is 6.42 Å². The van der Waals surface area contributed by atoms with Crippen LogP contribution in [0.15, 0.2) is 40.9 Å². The highest BCUT2D eigenvalue weighted by atomic mass is 79.9. The van der Waals surface area contributed by atoms with Gasteiger partial charge in [-0.25, -0.2) is 8.78 Å². The Morgan fingerprint density at radius 3 is 2.55 bits per heavy atom. The fourth-order valence-corrected chi connectivity index (χ4v) is 2.63. The minimum absolute atomic E-state index is 0.294. The molecule has 0 bridgehead atoms. The van der Waals surface area contributed by atoms with Gasteiger partial charge in [0.1, 0.15) is 17.4 Å². The van der Waals surface area contributed by atoms with Gasteiger partial charge in [0, 0.05) is 11.6 Å². The third-order valence-electron chi connectivity index (χ3n) is 2.97. The lowest BCUT2D eigenvalue weighted by Gasteiger charge is -2.15. The summed E-state index contributed by atoms with van der Waals surface area (Å²) in [4.78, 5) is 0. The van der Waals surface area contributed by atoms with Crippen LogP contribution in [0.3, 0.4) is 0 Å². The molecule has 5 heteroatoms. The zero-order chi connectivity index (χ0) is 14.7. The van der Waals surface area contributed by atoms with E-state index in [0.717, 1.165) is 0 Å². The Hall–Kier alpha value is -1.13. The lowest BCUT2D eigenvalue weighted by Crippen LogP contribution is -2.02. The number of halogens is 4. The van der Waals surface area contributed by atoms with Crippen molar-refractivity contribution in [2.75, 3.05) is 7.11 Å². The average molecular weight is 362 g/mol. The van der Waals surface area contributed by atoms with Crippen molar-refractivity contribution < 1.29 is 13.5 Å².